The van der Waals surface area contributed by atoms with Gasteiger partial charge in [-0.05, 0) is 49.9 Å². The normalized spacial score (nSPS) is 15.1. The predicted molar refractivity (Wildman–Crippen MR) is 182 cm³/mol. The van der Waals surface area contributed by atoms with Gasteiger partial charge in [0.1, 0.15) is 12.1 Å². The molecule has 0 radical (unpaired) electrons. The molecule has 0 spiro atoms. The van der Waals surface area contributed by atoms with Gasteiger partial charge in [-0.1, -0.05) is 84.1 Å². The molecule has 0 bridgehead atoms. The molecule has 3 heterocycles. The zero-order valence-corrected chi connectivity index (χ0v) is 27.3. The van der Waals surface area contributed by atoms with E-state index >= 15 is 0 Å². The fourth-order valence-corrected chi connectivity index (χ4v) is 6.79. The van der Waals surface area contributed by atoms with Gasteiger partial charge in [0.15, 0.2) is 5.65 Å². The van der Waals surface area contributed by atoms with Gasteiger partial charge in [-0.2, -0.15) is 0 Å². The molecule has 1 fully saturated rings. The summed E-state index contributed by atoms with van der Waals surface area (Å²) in [5.74, 6) is 0.919. The number of hydrogen-bond acceptors (Lipinski definition) is 7. The largest absolute Gasteiger partial charge is 0.367 e. The summed E-state index contributed by atoms with van der Waals surface area (Å²) in [6.07, 6.45) is 2.15. The van der Waals surface area contributed by atoms with Gasteiger partial charge in [0.05, 0.1) is 12.1 Å². The quantitative estimate of drug-likeness (QED) is 0.125. The summed E-state index contributed by atoms with van der Waals surface area (Å²) in [5.41, 5.74) is 6.18. The number of rotatable bonds is 12. The Morgan fingerprint density at radius 2 is 1.67 bits per heavy atom. The number of amides is 2. The van der Waals surface area contributed by atoms with E-state index in [0.29, 0.717) is 44.4 Å². The second-order valence-corrected chi connectivity index (χ2v) is 13.0. The maximum atomic E-state index is 13.0. The van der Waals surface area contributed by atoms with Crippen molar-refractivity contribution < 1.29 is 14.3 Å². The molecule has 1 atom stereocenters. The van der Waals surface area contributed by atoms with Crippen LogP contribution in [-0.2, 0) is 27.5 Å². The van der Waals surface area contributed by atoms with Crippen LogP contribution in [0, 0.1) is 6.92 Å². The van der Waals surface area contributed by atoms with E-state index < -0.39 is 0 Å². The zero-order valence-electron chi connectivity index (χ0n) is 26.5. The number of fused-ring (bicyclic) bond motifs is 3. The van der Waals surface area contributed by atoms with Crippen molar-refractivity contribution in [2.45, 2.75) is 57.5 Å². The van der Waals surface area contributed by atoms with Crippen LogP contribution in [-0.4, -0.2) is 79.4 Å². The molecule has 1 aliphatic heterocycles. The Morgan fingerprint density at radius 1 is 0.913 bits per heavy atom. The Kier molecular flexibility index (Phi) is 10.2. The Hall–Kier alpha value is -4.28. The lowest BCUT2D eigenvalue weighted by Gasteiger charge is -2.40. The van der Waals surface area contributed by atoms with Gasteiger partial charge >= 0.3 is 0 Å². The van der Waals surface area contributed by atoms with Crippen molar-refractivity contribution in [1.29, 1.82) is 0 Å². The maximum Gasteiger partial charge on any atom is 0.248 e. The van der Waals surface area contributed by atoms with Crippen LogP contribution >= 0.6 is 11.8 Å². The number of ether oxygens (including phenoxy) is 1. The number of unbranched alkanes of at least 4 members (excludes halogenated alkanes) is 1. The van der Waals surface area contributed by atoms with Crippen molar-refractivity contribution in [3.05, 3.63) is 95.6 Å². The molecule has 0 saturated carbocycles. The predicted octanol–water partition coefficient (Wildman–Crippen LogP) is 5.87. The van der Waals surface area contributed by atoms with Gasteiger partial charge in [0, 0.05) is 49.8 Å². The molecule has 9 nitrogen and oxygen atoms in total. The van der Waals surface area contributed by atoms with Gasteiger partial charge in [0.2, 0.25) is 17.0 Å². The van der Waals surface area contributed by atoms with Crippen LogP contribution in [0.15, 0.2) is 84.0 Å². The molecule has 10 heteroatoms. The summed E-state index contributed by atoms with van der Waals surface area (Å²) in [4.78, 5) is 34.4. The van der Waals surface area contributed by atoms with E-state index in [1.807, 2.05) is 53.1 Å². The lowest BCUT2D eigenvalue weighted by atomic mass is 10.1. The van der Waals surface area contributed by atoms with Crippen LogP contribution in [0.3, 0.4) is 0 Å². The van der Waals surface area contributed by atoms with Crippen LogP contribution in [0.4, 0.5) is 0 Å². The third-order valence-corrected chi connectivity index (χ3v) is 9.36. The van der Waals surface area contributed by atoms with Crippen LogP contribution in [0.1, 0.15) is 42.9 Å². The lowest BCUT2D eigenvalue weighted by Crippen LogP contribution is -2.56. The van der Waals surface area contributed by atoms with Gasteiger partial charge in [-0.3, -0.25) is 9.59 Å². The zero-order chi connectivity index (χ0) is 31.9. The molecule has 2 amide bonds. The van der Waals surface area contributed by atoms with Crippen molar-refractivity contribution in [2.24, 2.45) is 0 Å². The van der Waals surface area contributed by atoms with E-state index in [1.54, 1.807) is 11.8 Å². The number of carbonyl (C=O) groups excluding carboxylic acids is 2. The van der Waals surface area contributed by atoms with E-state index in [1.165, 1.54) is 11.1 Å². The first-order valence-corrected chi connectivity index (χ1v) is 16.9. The summed E-state index contributed by atoms with van der Waals surface area (Å²) in [6.45, 7) is 6.88. The first-order chi connectivity index (χ1) is 22.5. The Balaban J connectivity index is 0.972. The number of carbonyl (C=O) groups is 2. The summed E-state index contributed by atoms with van der Waals surface area (Å²) in [6, 6.07) is 26.6. The van der Waals surface area contributed by atoms with Gasteiger partial charge < -0.3 is 19.1 Å². The number of aromatic nitrogens is 4. The van der Waals surface area contributed by atoms with E-state index in [4.69, 9.17) is 9.72 Å². The SMILES string of the molecule is Cc1ccc2c(c1)c1nnc(SCCCCC(=O)N3CCN(C(=O)COCc4ccccc4)C(C)C3)nc1n2Cc1ccccc1. The van der Waals surface area contributed by atoms with Crippen molar-refractivity contribution >= 4 is 45.6 Å². The first-order valence-electron chi connectivity index (χ1n) is 15.9. The van der Waals surface area contributed by atoms with E-state index in [9.17, 15) is 9.59 Å². The third kappa shape index (κ3) is 7.57. The molecule has 238 valence electrons. The highest BCUT2D eigenvalue weighted by Crippen LogP contribution is 2.29. The minimum Gasteiger partial charge on any atom is -0.367 e. The molecule has 6 rings (SSSR count). The van der Waals surface area contributed by atoms with E-state index in [0.717, 1.165) is 46.2 Å². The molecular weight excluding hydrogens is 597 g/mol. The highest BCUT2D eigenvalue weighted by atomic mass is 32.2. The van der Waals surface area contributed by atoms with Crippen LogP contribution < -0.4 is 0 Å². The van der Waals surface area contributed by atoms with E-state index in [2.05, 4.69) is 64.2 Å². The molecule has 1 aliphatic rings. The van der Waals surface area contributed by atoms with Crippen molar-refractivity contribution in [1.82, 2.24) is 29.5 Å². The molecule has 2 aromatic heterocycles. The molecule has 46 heavy (non-hydrogen) atoms. The van der Waals surface area contributed by atoms with Crippen LogP contribution in [0.2, 0.25) is 0 Å². The highest BCUT2D eigenvalue weighted by Gasteiger charge is 2.29. The average Bonchev–Trinajstić information content (AvgIpc) is 3.36. The topological polar surface area (TPSA) is 93.5 Å². The average molecular weight is 637 g/mol. The minimum absolute atomic E-state index is 0.0296. The second kappa shape index (κ2) is 14.9. The summed E-state index contributed by atoms with van der Waals surface area (Å²) in [7, 11) is 0. The summed E-state index contributed by atoms with van der Waals surface area (Å²) < 4.78 is 7.87. The Morgan fingerprint density at radius 3 is 2.43 bits per heavy atom. The minimum atomic E-state index is -0.0398. The van der Waals surface area contributed by atoms with Crippen molar-refractivity contribution in [3.63, 3.8) is 0 Å². The number of benzene rings is 3. The summed E-state index contributed by atoms with van der Waals surface area (Å²) >= 11 is 1.58. The van der Waals surface area contributed by atoms with Crippen molar-refractivity contribution in [3.8, 4) is 0 Å². The van der Waals surface area contributed by atoms with Gasteiger partial charge in [-0.25, -0.2) is 4.98 Å². The van der Waals surface area contributed by atoms with E-state index in [-0.39, 0.29) is 24.5 Å². The molecule has 0 N–H and O–H groups in total. The number of piperazine rings is 1. The smallest absolute Gasteiger partial charge is 0.248 e. The monoisotopic (exact) mass is 636 g/mol. The lowest BCUT2D eigenvalue weighted by molar-refractivity contribution is -0.146. The fraction of sp³-hybridized carbons (Fsp3) is 0.361. The first kappa shape index (κ1) is 31.7. The van der Waals surface area contributed by atoms with Crippen molar-refractivity contribution in [2.75, 3.05) is 32.0 Å². The number of nitrogens with zero attached hydrogens (tertiary/aromatic N) is 6. The Bertz CT molecular complexity index is 1800. The molecule has 1 unspecified atom stereocenters. The molecule has 1 saturated heterocycles. The summed E-state index contributed by atoms with van der Waals surface area (Å²) in [5, 5.41) is 10.8. The Labute approximate surface area is 274 Å². The number of hydrogen-bond donors (Lipinski definition) is 0. The third-order valence-electron chi connectivity index (χ3n) is 8.44. The molecular formula is C36H40N6O3S. The fourth-order valence-electron chi connectivity index (χ4n) is 6.01. The molecule has 3 aromatic carbocycles. The van der Waals surface area contributed by atoms with Crippen LogP contribution in [0.25, 0.3) is 22.1 Å². The second-order valence-electron chi connectivity index (χ2n) is 11.9. The van der Waals surface area contributed by atoms with Crippen LogP contribution in [0.5, 0.6) is 0 Å². The number of thioether (sulfide) groups is 1. The van der Waals surface area contributed by atoms with Gasteiger partial charge in [-0.15, -0.1) is 10.2 Å². The van der Waals surface area contributed by atoms with Gasteiger partial charge in [0.25, 0.3) is 0 Å². The highest BCUT2D eigenvalue weighted by molar-refractivity contribution is 7.99. The maximum absolute atomic E-state index is 13.0. The molecule has 5 aromatic rings. The number of aryl methyl sites for hydroxylation is 1. The standard InChI is InChI=1S/C36H40N6O3S/c1-26-16-17-31-30(21-26)34-35(42(31)23-28-11-5-3-6-12-28)37-36(39-38-34)46-20-10-9-15-32(43)40-18-19-41(27(2)22-40)33(44)25-45-24-29-13-7-4-8-14-29/h3-8,11-14,16-17,21,27H,9-10,15,18-20,22-25H2,1-2H3. The molecule has 0 aliphatic carbocycles.